The Morgan fingerprint density at radius 2 is 1.67 bits per heavy atom. The zero-order chi connectivity index (χ0) is 15.2. The van der Waals surface area contributed by atoms with Gasteiger partial charge in [0.15, 0.2) is 0 Å². The third-order valence-corrected chi connectivity index (χ3v) is 5.75. The molecule has 126 valence electrons. The maximum Gasteiger partial charge on any atom is 0.0603 e. The molecule has 0 radical (unpaired) electrons. The molecule has 0 aliphatic carbocycles. The van der Waals surface area contributed by atoms with Gasteiger partial charge in [-0.3, -0.25) is 0 Å². The van der Waals surface area contributed by atoms with Gasteiger partial charge in [0.25, 0.3) is 0 Å². The van der Waals surface area contributed by atoms with Crippen molar-refractivity contribution in [3.63, 3.8) is 0 Å². The standard InChI is InChI=1S/C18H36OS2/c1-2-3-4-5-6-9-14-18-17(13-11-15-19-18)12-8-7-10-16-21-20/h17-18,20H,2-16H2,1H3/t17-,18+/m0/s1. The first-order valence-electron chi connectivity index (χ1n) is 9.26. The predicted octanol–water partition coefficient (Wildman–Crippen LogP) is 6.67. The number of hydrogen-bond donors (Lipinski definition) is 1. The second kappa shape index (κ2) is 14.3. The van der Waals surface area contributed by atoms with Gasteiger partial charge in [0.1, 0.15) is 0 Å². The third kappa shape index (κ3) is 10.1. The van der Waals surface area contributed by atoms with Crippen LogP contribution in [0.25, 0.3) is 0 Å². The molecule has 0 spiro atoms. The Labute approximate surface area is 142 Å². The van der Waals surface area contributed by atoms with Crippen molar-refractivity contribution in [2.45, 2.75) is 96.5 Å². The minimum absolute atomic E-state index is 0.573. The van der Waals surface area contributed by atoms with Crippen molar-refractivity contribution < 1.29 is 4.74 Å². The molecule has 21 heavy (non-hydrogen) atoms. The minimum atomic E-state index is 0.573. The van der Waals surface area contributed by atoms with E-state index < -0.39 is 0 Å². The number of hydrogen-bond acceptors (Lipinski definition) is 3. The molecule has 1 aliphatic rings. The second-order valence-corrected chi connectivity index (χ2v) is 7.99. The van der Waals surface area contributed by atoms with Crippen LogP contribution in [-0.2, 0) is 4.74 Å². The summed E-state index contributed by atoms with van der Waals surface area (Å²) in [4.78, 5) is 0. The summed E-state index contributed by atoms with van der Waals surface area (Å²) in [5, 5.41) is 0. The first-order chi connectivity index (χ1) is 10.4. The van der Waals surface area contributed by atoms with Gasteiger partial charge in [-0.2, -0.15) is 0 Å². The summed E-state index contributed by atoms with van der Waals surface area (Å²) in [5.74, 6) is 2.05. The van der Waals surface area contributed by atoms with E-state index in [0.29, 0.717) is 6.10 Å². The zero-order valence-corrected chi connectivity index (χ0v) is 15.7. The molecule has 1 nitrogen and oxygen atoms in total. The fraction of sp³-hybridized carbons (Fsp3) is 1.00. The van der Waals surface area contributed by atoms with E-state index in [1.165, 1.54) is 89.2 Å². The topological polar surface area (TPSA) is 9.23 Å². The molecule has 1 fully saturated rings. The number of ether oxygens (including phenoxy) is 1. The second-order valence-electron chi connectivity index (χ2n) is 6.55. The van der Waals surface area contributed by atoms with Crippen molar-refractivity contribution in [2.24, 2.45) is 5.92 Å². The fourth-order valence-corrected chi connectivity index (χ4v) is 4.15. The summed E-state index contributed by atoms with van der Waals surface area (Å²) in [5.41, 5.74) is 0. The van der Waals surface area contributed by atoms with E-state index in [1.807, 2.05) is 0 Å². The first-order valence-corrected chi connectivity index (χ1v) is 11.3. The monoisotopic (exact) mass is 332 g/mol. The van der Waals surface area contributed by atoms with Gasteiger partial charge in [-0.25, -0.2) is 0 Å². The van der Waals surface area contributed by atoms with Gasteiger partial charge >= 0.3 is 0 Å². The van der Waals surface area contributed by atoms with E-state index in [0.717, 1.165) is 12.5 Å². The smallest absolute Gasteiger partial charge is 0.0603 e. The highest BCUT2D eigenvalue weighted by molar-refractivity contribution is 8.68. The Bertz CT molecular complexity index is 223. The minimum Gasteiger partial charge on any atom is -0.378 e. The van der Waals surface area contributed by atoms with E-state index in [9.17, 15) is 0 Å². The SMILES string of the molecule is CCCCCCCC[C@H]1OCCC[C@@H]1CCCCCSS. The maximum atomic E-state index is 6.08. The highest BCUT2D eigenvalue weighted by atomic mass is 33.1. The number of unbranched alkanes of at least 4 members (excludes halogenated alkanes) is 7. The molecule has 0 aromatic rings. The highest BCUT2D eigenvalue weighted by Gasteiger charge is 2.24. The lowest BCUT2D eigenvalue weighted by Crippen LogP contribution is -2.29. The lowest BCUT2D eigenvalue weighted by atomic mass is 9.86. The average molecular weight is 333 g/mol. The molecule has 0 amide bonds. The lowest BCUT2D eigenvalue weighted by Gasteiger charge is -2.32. The van der Waals surface area contributed by atoms with Crippen LogP contribution in [0.4, 0.5) is 0 Å². The van der Waals surface area contributed by atoms with Crippen LogP contribution in [-0.4, -0.2) is 18.5 Å². The molecule has 1 rings (SSSR count). The molecule has 1 saturated heterocycles. The summed E-state index contributed by atoms with van der Waals surface area (Å²) >= 11 is 4.20. The molecular weight excluding hydrogens is 296 g/mol. The average Bonchev–Trinajstić information content (AvgIpc) is 2.52. The van der Waals surface area contributed by atoms with Crippen LogP contribution in [0.15, 0.2) is 0 Å². The van der Waals surface area contributed by atoms with Crippen LogP contribution >= 0.6 is 22.5 Å². The van der Waals surface area contributed by atoms with E-state index in [4.69, 9.17) is 4.74 Å². The van der Waals surface area contributed by atoms with Crippen molar-refractivity contribution in [2.75, 3.05) is 12.4 Å². The van der Waals surface area contributed by atoms with Gasteiger partial charge < -0.3 is 4.74 Å². The maximum absolute atomic E-state index is 6.08. The number of rotatable bonds is 13. The van der Waals surface area contributed by atoms with Crippen molar-refractivity contribution in [1.82, 2.24) is 0 Å². The molecule has 0 N–H and O–H groups in total. The summed E-state index contributed by atoms with van der Waals surface area (Å²) < 4.78 is 6.08. The van der Waals surface area contributed by atoms with Gasteiger partial charge in [0, 0.05) is 12.4 Å². The highest BCUT2D eigenvalue weighted by Crippen LogP contribution is 2.29. The zero-order valence-electron chi connectivity index (χ0n) is 14.0. The normalized spacial score (nSPS) is 22.6. The fourth-order valence-electron chi connectivity index (χ4n) is 3.43. The quantitative estimate of drug-likeness (QED) is 0.229. The molecule has 0 aromatic carbocycles. The van der Waals surface area contributed by atoms with Crippen LogP contribution < -0.4 is 0 Å². The van der Waals surface area contributed by atoms with Gasteiger partial charge in [-0.05, 0) is 38.0 Å². The summed E-state index contributed by atoms with van der Waals surface area (Å²) in [6.07, 6.45) is 18.4. The summed E-state index contributed by atoms with van der Waals surface area (Å²) in [6.45, 7) is 3.29. The molecule has 0 saturated carbocycles. The summed E-state index contributed by atoms with van der Waals surface area (Å²) in [6, 6.07) is 0. The van der Waals surface area contributed by atoms with Crippen molar-refractivity contribution in [3.8, 4) is 0 Å². The molecule has 0 unspecified atom stereocenters. The Kier molecular flexibility index (Phi) is 13.4. The largest absolute Gasteiger partial charge is 0.378 e. The van der Waals surface area contributed by atoms with Crippen LogP contribution in [0, 0.1) is 5.92 Å². The Morgan fingerprint density at radius 3 is 2.48 bits per heavy atom. The van der Waals surface area contributed by atoms with Gasteiger partial charge in [-0.1, -0.05) is 69.1 Å². The predicted molar refractivity (Wildman–Crippen MR) is 100 cm³/mol. The van der Waals surface area contributed by atoms with Crippen LogP contribution in [0.1, 0.15) is 90.4 Å². The van der Waals surface area contributed by atoms with E-state index in [-0.39, 0.29) is 0 Å². The third-order valence-electron chi connectivity index (χ3n) is 4.73. The Morgan fingerprint density at radius 1 is 0.952 bits per heavy atom. The van der Waals surface area contributed by atoms with Gasteiger partial charge in [0.2, 0.25) is 0 Å². The van der Waals surface area contributed by atoms with E-state index in [2.05, 4.69) is 18.6 Å². The molecular formula is C18H36OS2. The Balaban J connectivity index is 2.08. The van der Waals surface area contributed by atoms with Crippen LogP contribution in [0.5, 0.6) is 0 Å². The molecule has 2 atom stereocenters. The molecule has 0 bridgehead atoms. The van der Waals surface area contributed by atoms with Crippen LogP contribution in [0.2, 0.25) is 0 Å². The summed E-state index contributed by atoms with van der Waals surface area (Å²) in [7, 11) is 1.68. The molecule has 1 aliphatic heterocycles. The van der Waals surface area contributed by atoms with Crippen LogP contribution in [0.3, 0.4) is 0 Å². The van der Waals surface area contributed by atoms with Gasteiger partial charge in [-0.15, -0.1) is 11.7 Å². The number of thiol groups is 1. The van der Waals surface area contributed by atoms with Gasteiger partial charge in [0.05, 0.1) is 6.10 Å². The van der Waals surface area contributed by atoms with Crippen molar-refractivity contribution >= 4 is 22.5 Å². The first kappa shape index (κ1) is 19.7. The van der Waals surface area contributed by atoms with E-state index in [1.54, 1.807) is 10.8 Å². The van der Waals surface area contributed by atoms with E-state index >= 15 is 0 Å². The molecule has 3 heteroatoms. The molecule has 0 aromatic heterocycles. The molecule has 1 heterocycles. The van der Waals surface area contributed by atoms with Crippen molar-refractivity contribution in [3.05, 3.63) is 0 Å². The van der Waals surface area contributed by atoms with Crippen molar-refractivity contribution in [1.29, 1.82) is 0 Å². The lowest BCUT2D eigenvalue weighted by molar-refractivity contribution is -0.0351. The Hall–Kier alpha value is 0.660.